The van der Waals surface area contributed by atoms with Crippen LogP contribution in [0.2, 0.25) is 0 Å². The molecule has 2 aromatic rings. The molecule has 0 saturated carbocycles. The van der Waals surface area contributed by atoms with Crippen LogP contribution in [0.5, 0.6) is 0 Å². The van der Waals surface area contributed by atoms with Crippen LogP contribution in [0.15, 0.2) is 53.4 Å². The fraction of sp³-hybridized carbons (Fsp3) is 0.368. The molecule has 0 spiro atoms. The molecule has 0 aromatic heterocycles. The minimum Gasteiger partial charge on any atom is -0.302 e. The molecule has 0 bridgehead atoms. The number of nitro benzene ring substituents is 1. The summed E-state index contributed by atoms with van der Waals surface area (Å²) in [6, 6.07) is 14.0. The number of nitrogens with zero attached hydrogens (tertiary/aromatic N) is 2. The molecule has 7 nitrogen and oxygen atoms in total. The van der Waals surface area contributed by atoms with Crippen molar-refractivity contribution in [2.75, 3.05) is 20.1 Å². The van der Waals surface area contributed by atoms with Gasteiger partial charge in [0.25, 0.3) is 5.69 Å². The summed E-state index contributed by atoms with van der Waals surface area (Å²) in [5.41, 5.74) is 1.54. The zero-order valence-corrected chi connectivity index (χ0v) is 16.4. The maximum atomic E-state index is 12.6. The Labute approximate surface area is 160 Å². The molecule has 0 aliphatic carbocycles. The molecule has 2 rings (SSSR count). The van der Waals surface area contributed by atoms with Crippen molar-refractivity contribution in [3.05, 3.63) is 69.8 Å². The lowest BCUT2D eigenvalue weighted by atomic mass is 10.1. The maximum absolute atomic E-state index is 12.6. The van der Waals surface area contributed by atoms with E-state index >= 15 is 0 Å². The second kappa shape index (κ2) is 9.59. The third-order valence-corrected chi connectivity index (χ3v) is 5.78. The van der Waals surface area contributed by atoms with Crippen LogP contribution < -0.4 is 4.72 Å². The number of hydrogen-bond acceptors (Lipinski definition) is 5. The quantitative estimate of drug-likeness (QED) is 0.382. The number of aryl methyl sites for hydroxylation is 1. The highest BCUT2D eigenvalue weighted by molar-refractivity contribution is 7.89. The molecular formula is C19H25N3O4S. The van der Waals surface area contributed by atoms with Gasteiger partial charge in [0.05, 0.1) is 9.82 Å². The summed E-state index contributed by atoms with van der Waals surface area (Å²) in [7, 11) is -1.81. The number of hydrogen-bond donors (Lipinski definition) is 1. The molecule has 1 N–H and O–H groups in total. The average Bonchev–Trinajstić information content (AvgIpc) is 2.65. The summed E-state index contributed by atoms with van der Waals surface area (Å²) in [6.07, 6.45) is 1.12. The van der Waals surface area contributed by atoms with Crippen LogP contribution in [0.3, 0.4) is 0 Å². The van der Waals surface area contributed by atoms with Crippen LogP contribution in [0, 0.1) is 10.1 Å². The van der Waals surface area contributed by atoms with Crippen LogP contribution in [0.1, 0.15) is 24.5 Å². The van der Waals surface area contributed by atoms with Crippen molar-refractivity contribution < 1.29 is 13.3 Å². The van der Waals surface area contributed by atoms with Gasteiger partial charge in [-0.1, -0.05) is 43.3 Å². The van der Waals surface area contributed by atoms with Crippen molar-refractivity contribution in [2.24, 2.45) is 0 Å². The minimum absolute atomic E-state index is 0.0168. The lowest BCUT2D eigenvalue weighted by Crippen LogP contribution is -2.29. The van der Waals surface area contributed by atoms with E-state index in [1.54, 1.807) is 0 Å². The Morgan fingerprint density at radius 1 is 1.15 bits per heavy atom. The van der Waals surface area contributed by atoms with Gasteiger partial charge in [0, 0.05) is 25.2 Å². The average molecular weight is 391 g/mol. The number of nitrogens with one attached hydrogen (secondary N) is 1. The number of rotatable bonds is 10. The first-order valence-electron chi connectivity index (χ1n) is 8.83. The first-order chi connectivity index (χ1) is 12.8. The zero-order valence-electron chi connectivity index (χ0n) is 15.6. The smallest absolute Gasteiger partial charge is 0.270 e. The predicted molar refractivity (Wildman–Crippen MR) is 105 cm³/mol. The third kappa shape index (κ3) is 6.13. The van der Waals surface area contributed by atoms with Gasteiger partial charge >= 0.3 is 0 Å². The molecule has 0 amide bonds. The molecule has 0 saturated heterocycles. The third-order valence-electron chi connectivity index (χ3n) is 4.24. The van der Waals surface area contributed by atoms with E-state index in [2.05, 4.69) is 9.62 Å². The van der Waals surface area contributed by atoms with E-state index in [-0.39, 0.29) is 17.1 Å². The summed E-state index contributed by atoms with van der Waals surface area (Å²) >= 11 is 0. The van der Waals surface area contributed by atoms with E-state index in [1.807, 2.05) is 44.3 Å². The standard InChI is InChI=1S/C19H25N3O4S/c1-3-17-10-11-18(22(23)24)14-19(17)27(25,26)20-12-7-13-21(2)15-16-8-5-4-6-9-16/h4-6,8-11,14,20H,3,7,12-13,15H2,1-2H3. The number of benzene rings is 2. The van der Waals surface area contributed by atoms with Crippen LogP contribution in [-0.2, 0) is 23.0 Å². The van der Waals surface area contributed by atoms with Gasteiger partial charge in [0.1, 0.15) is 0 Å². The predicted octanol–water partition coefficient (Wildman–Crippen LogP) is 2.96. The van der Waals surface area contributed by atoms with Crippen LogP contribution in [-0.4, -0.2) is 38.4 Å². The molecule has 0 radical (unpaired) electrons. The van der Waals surface area contributed by atoms with Gasteiger partial charge in [-0.3, -0.25) is 10.1 Å². The molecule has 0 aliphatic rings. The molecule has 146 valence electrons. The molecule has 27 heavy (non-hydrogen) atoms. The molecule has 8 heteroatoms. The normalized spacial score (nSPS) is 11.7. The molecule has 0 fully saturated rings. The topological polar surface area (TPSA) is 92.5 Å². The molecule has 2 aromatic carbocycles. The van der Waals surface area contributed by atoms with Crippen molar-refractivity contribution in [1.82, 2.24) is 9.62 Å². The molecule has 0 heterocycles. The van der Waals surface area contributed by atoms with Crippen molar-refractivity contribution in [2.45, 2.75) is 31.2 Å². The minimum atomic E-state index is -3.79. The fourth-order valence-electron chi connectivity index (χ4n) is 2.81. The Kier molecular flexibility index (Phi) is 7.46. The largest absolute Gasteiger partial charge is 0.302 e. The fourth-order valence-corrected chi connectivity index (χ4v) is 4.21. The highest BCUT2D eigenvalue weighted by Crippen LogP contribution is 2.22. The lowest BCUT2D eigenvalue weighted by molar-refractivity contribution is -0.385. The summed E-state index contributed by atoms with van der Waals surface area (Å²) < 4.78 is 27.7. The highest BCUT2D eigenvalue weighted by atomic mass is 32.2. The number of nitro groups is 1. The first-order valence-corrected chi connectivity index (χ1v) is 10.3. The van der Waals surface area contributed by atoms with E-state index in [1.165, 1.54) is 17.7 Å². The lowest BCUT2D eigenvalue weighted by Gasteiger charge is -2.17. The Morgan fingerprint density at radius 3 is 2.48 bits per heavy atom. The van der Waals surface area contributed by atoms with Gasteiger partial charge < -0.3 is 4.90 Å². The van der Waals surface area contributed by atoms with Crippen molar-refractivity contribution in [3.63, 3.8) is 0 Å². The van der Waals surface area contributed by atoms with Crippen molar-refractivity contribution in [3.8, 4) is 0 Å². The summed E-state index contributed by atoms with van der Waals surface area (Å²) in [4.78, 5) is 12.5. The molecule has 0 atom stereocenters. The Hall–Kier alpha value is -2.29. The second-order valence-electron chi connectivity index (χ2n) is 6.38. The summed E-state index contributed by atoms with van der Waals surface area (Å²) in [5, 5.41) is 10.9. The maximum Gasteiger partial charge on any atom is 0.270 e. The van der Waals surface area contributed by atoms with E-state index in [0.717, 1.165) is 19.2 Å². The van der Waals surface area contributed by atoms with Crippen LogP contribution in [0.4, 0.5) is 5.69 Å². The van der Waals surface area contributed by atoms with E-state index in [4.69, 9.17) is 0 Å². The van der Waals surface area contributed by atoms with Crippen molar-refractivity contribution in [1.29, 1.82) is 0 Å². The van der Waals surface area contributed by atoms with Gasteiger partial charge in [-0.05, 0) is 37.6 Å². The van der Waals surface area contributed by atoms with E-state index in [0.29, 0.717) is 18.4 Å². The van der Waals surface area contributed by atoms with Gasteiger partial charge in [0.15, 0.2) is 0 Å². The molecule has 0 unspecified atom stereocenters. The monoisotopic (exact) mass is 391 g/mol. The highest BCUT2D eigenvalue weighted by Gasteiger charge is 2.21. The molecule has 0 aliphatic heterocycles. The first kappa shape index (κ1) is 21.0. The van der Waals surface area contributed by atoms with E-state index in [9.17, 15) is 18.5 Å². The summed E-state index contributed by atoms with van der Waals surface area (Å²) in [6.45, 7) is 3.61. The second-order valence-corrected chi connectivity index (χ2v) is 8.11. The number of sulfonamides is 1. The zero-order chi connectivity index (χ0) is 19.9. The Bertz CT molecular complexity index is 870. The van der Waals surface area contributed by atoms with Gasteiger partial charge in [0.2, 0.25) is 10.0 Å². The summed E-state index contributed by atoms with van der Waals surface area (Å²) in [5.74, 6) is 0. The molecular weight excluding hydrogens is 366 g/mol. The number of non-ortho nitro benzene ring substituents is 1. The van der Waals surface area contributed by atoms with Gasteiger partial charge in [-0.25, -0.2) is 13.1 Å². The van der Waals surface area contributed by atoms with Gasteiger partial charge in [-0.2, -0.15) is 0 Å². The Balaban J connectivity index is 1.93. The van der Waals surface area contributed by atoms with Crippen molar-refractivity contribution >= 4 is 15.7 Å². The van der Waals surface area contributed by atoms with Gasteiger partial charge in [-0.15, -0.1) is 0 Å². The van der Waals surface area contributed by atoms with Crippen LogP contribution in [0.25, 0.3) is 0 Å². The Morgan fingerprint density at radius 2 is 1.85 bits per heavy atom. The SMILES string of the molecule is CCc1ccc([N+](=O)[O-])cc1S(=O)(=O)NCCCN(C)Cc1ccccc1. The van der Waals surface area contributed by atoms with E-state index < -0.39 is 14.9 Å². The van der Waals surface area contributed by atoms with Crippen LogP contribution >= 0.6 is 0 Å².